The van der Waals surface area contributed by atoms with E-state index in [-0.39, 0.29) is 31.9 Å². The van der Waals surface area contributed by atoms with Gasteiger partial charge in [-0.2, -0.15) is 4.98 Å². The molecule has 2 heterocycles. The summed E-state index contributed by atoms with van der Waals surface area (Å²) in [6.45, 7) is 6.22. The summed E-state index contributed by atoms with van der Waals surface area (Å²) in [7, 11) is -3.30. The topological polar surface area (TPSA) is 115 Å². The van der Waals surface area contributed by atoms with Crippen molar-refractivity contribution in [2.75, 3.05) is 38.5 Å². The molecule has 1 aliphatic heterocycles. The van der Waals surface area contributed by atoms with Crippen molar-refractivity contribution >= 4 is 13.4 Å². The lowest BCUT2D eigenvalue weighted by atomic mass is 10.0. The summed E-state index contributed by atoms with van der Waals surface area (Å²) in [6.07, 6.45) is 21.2. The van der Waals surface area contributed by atoms with Crippen LogP contribution in [0, 0.1) is 5.92 Å². The second-order valence-electron chi connectivity index (χ2n) is 11.2. The van der Waals surface area contributed by atoms with Crippen LogP contribution in [0.2, 0.25) is 0 Å². The molecule has 0 saturated carbocycles. The number of nitrogens with two attached hydrogens (primary N) is 1. The van der Waals surface area contributed by atoms with Crippen LogP contribution in [0.15, 0.2) is 17.1 Å². The fraction of sp³-hybridized carbons (Fsp3) is 0.862. The summed E-state index contributed by atoms with van der Waals surface area (Å²) in [5.41, 5.74) is 5.04. The zero-order valence-corrected chi connectivity index (χ0v) is 25.4. The lowest BCUT2D eigenvalue weighted by molar-refractivity contribution is -0.0179. The first-order chi connectivity index (χ1) is 18.9. The summed E-state index contributed by atoms with van der Waals surface area (Å²) in [4.78, 5) is 15.5. The van der Waals surface area contributed by atoms with Crippen LogP contribution in [-0.2, 0) is 29.6 Å². The highest BCUT2D eigenvalue weighted by atomic mass is 31.2. The van der Waals surface area contributed by atoms with Crippen LogP contribution in [0.3, 0.4) is 0 Å². The van der Waals surface area contributed by atoms with Crippen LogP contribution >= 0.6 is 7.60 Å². The van der Waals surface area contributed by atoms with Gasteiger partial charge in [0.15, 0.2) is 0 Å². The summed E-state index contributed by atoms with van der Waals surface area (Å²) in [5, 5.41) is 0. The van der Waals surface area contributed by atoms with Crippen molar-refractivity contribution in [2.24, 2.45) is 5.92 Å². The number of anilines is 1. The lowest BCUT2D eigenvalue weighted by Gasteiger charge is -2.29. The summed E-state index contributed by atoms with van der Waals surface area (Å²) in [5.74, 6) is 1.02. The average Bonchev–Trinajstić information content (AvgIpc) is 2.90. The first kappa shape index (κ1) is 34.0. The number of nitrogens with zero attached hydrogens (tertiary/aromatic N) is 2. The number of hydrogen-bond donors (Lipinski definition) is 1. The third-order valence-corrected chi connectivity index (χ3v) is 8.64. The van der Waals surface area contributed by atoms with Crippen molar-refractivity contribution < 1.29 is 23.1 Å². The minimum atomic E-state index is -3.30. The van der Waals surface area contributed by atoms with E-state index in [1.54, 1.807) is 12.3 Å². The van der Waals surface area contributed by atoms with E-state index in [0.29, 0.717) is 13.2 Å². The van der Waals surface area contributed by atoms with Gasteiger partial charge in [-0.25, -0.2) is 4.79 Å². The Morgan fingerprint density at radius 3 is 2.08 bits per heavy atom. The zero-order chi connectivity index (χ0) is 28.2. The van der Waals surface area contributed by atoms with Crippen LogP contribution in [0.5, 0.6) is 0 Å². The van der Waals surface area contributed by atoms with E-state index in [1.165, 1.54) is 94.5 Å². The van der Waals surface area contributed by atoms with Gasteiger partial charge in [-0.15, -0.1) is 0 Å². The van der Waals surface area contributed by atoms with E-state index in [2.05, 4.69) is 18.8 Å². The molecule has 0 aromatic carbocycles. The van der Waals surface area contributed by atoms with Gasteiger partial charge in [0, 0.05) is 12.8 Å². The molecule has 2 N–H and O–H groups in total. The van der Waals surface area contributed by atoms with E-state index in [1.807, 2.05) is 0 Å². The Bertz CT molecular complexity index is 854. The molecular weight excluding hydrogens is 517 g/mol. The fourth-order valence-electron chi connectivity index (χ4n) is 4.67. The molecule has 1 aromatic rings. The molecule has 0 radical (unpaired) electrons. The van der Waals surface area contributed by atoms with Crippen LogP contribution in [-0.4, -0.2) is 48.4 Å². The Morgan fingerprint density at radius 1 is 0.949 bits per heavy atom. The number of ether oxygens (including phenoxy) is 2. The predicted molar refractivity (Wildman–Crippen MR) is 157 cm³/mol. The Hall–Kier alpha value is -1.25. The number of aromatic nitrogens is 2. The van der Waals surface area contributed by atoms with Gasteiger partial charge in [0.1, 0.15) is 18.3 Å². The van der Waals surface area contributed by atoms with Gasteiger partial charge in [0.25, 0.3) is 0 Å². The number of rotatable bonds is 23. The highest BCUT2D eigenvalue weighted by Gasteiger charge is 2.33. The van der Waals surface area contributed by atoms with Gasteiger partial charge in [-0.1, -0.05) is 104 Å². The molecule has 0 bridgehead atoms. The Kier molecular flexibility index (Phi) is 17.9. The molecule has 9 nitrogen and oxygen atoms in total. The third-order valence-electron chi connectivity index (χ3n) is 7.06. The van der Waals surface area contributed by atoms with E-state index < -0.39 is 19.4 Å². The van der Waals surface area contributed by atoms with Crippen LogP contribution in [0.25, 0.3) is 0 Å². The molecule has 0 aliphatic carbocycles. The van der Waals surface area contributed by atoms with Crippen molar-refractivity contribution in [3.8, 4) is 0 Å². The molecule has 1 fully saturated rings. The van der Waals surface area contributed by atoms with E-state index in [4.69, 9.17) is 24.3 Å². The van der Waals surface area contributed by atoms with Crippen molar-refractivity contribution in [3.63, 3.8) is 0 Å². The molecule has 0 spiro atoms. The molecule has 2 atom stereocenters. The largest absolute Gasteiger partial charge is 0.383 e. The van der Waals surface area contributed by atoms with Gasteiger partial charge in [-0.3, -0.25) is 9.13 Å². The van der Waals surface area contributed by atoms with Gasteiger partial charge in [0.2, 0.25) is 0 Å². The summed E-state index contributed by atoms with van der Waals surface area (Å²) in [6, 6.07) is 1.54. The van der Waals surface area contributed by atoms with Crippen molar-refractivity contribution in [3.05, 3.63) is 22.7 Å². The van der Waals surface area contributed by atoms with Gasteiger partial charge < -0.3 is 24.3 Å². The molecule has 0 amide bonds. The number of nitrogen functional groups attached to an aromatic ring is 1. The van der Waals surface area contributed by atoms with Crippen LogP contribution < -0.4 is 11.4 Å². The molecule has 39 heavy (non-hydrogen) atoms. The Balaban J connectivity index is 1.32. The highest BCUT2D eigenvalue weighted by molar-refractivity contribution is 7.53. The number of unbranched alkanes of at least 4 members (excludes halogenated alkanes) is 13. The van der Waals surface area contributed by atoms with E-state index in [9.17, 15) is 9.36 Å². The maximum Gasteiger partial charge on any atom is 0.356 e. The molecule has 2 rings (SSSR count). The second kappa shape index (κ2) is 20.6. The predicted octanol–water partition coefficient (Wildman–Crippen LogP) is 6.93. The summed E-state index contributed by atoms with van der Waals surface area (Å²) >= 11 is 0. The zero-order valence-electron chi connectivity index (χ0n) is 24.5. The standard InChI is InChI=1S/C29H54N3O6P/c1-26(2)17-15-13-11-9-7-5-3-4-6-8-10-12-14-16-20-35-21-22-37-39(34)25-36-27(24-38-39)23-32-19-18-28(30)31-29(32)33/h18-19,26-27H,3-17,20-25H2,1-2H3,(H2,30,31,33)/t27-,39?/m0/s1. The SMILES string of the molecule is CC(C)CCCCCCCCCCCCCCCCOCCOP1(=O)CO[C@@H](Cn2ccc(N)nc2=O)CO1. The molecular formula is C29H54N3O6P. The maximum atomic E-state index is 12.6. The minimum absolute atomic E-state index is 0.0770. The molecule has 1 aromatic heterocycles. The Labute approximate surface area is 236 Å². The first-order valence-electron chi connectivity index (χ1n) is 15.3. The fourth-order valence-corrected chi connectivity index (χ4v) is 6.04. The van der Waals surface area contributed by atoms with Crippen LogP contribution in [0.4, 0.5) is 5.82 Å². The normalized spacial score (nSPS) is 19.6. The lowest BCUT2D eigenvalue weighted by Crippen LogP contribution is -2.35. The van der Waals surface area contributed by atoms with Crippen molar-refractivity contribution in [1.29, 1.82) is 0 Å². The van der Waals surface area contributed by atoms with E-state index in [0.717, 1.165) is 12.3 Å². The monoisotopic (exact) mass is 571 g/mol. The molecule has 1 aliphatic rings. The molecule has 1 saturated heterocycles. The van der Waals surface area contributed by atoms with E-state index >= 15 is 0 Å². The smallest absolute Gasteiger partial charge is 0.356 e. The minimum Gasteiger partial charge on any atom is -0.383 e. The highest BCUT2D eigenvalue weighted by Crippen LogP contribution is 2.50. The van der Waals surface area contributed by atoms with Crippen LogP contribution in [0.1, 0.15) is 110 Å². The van der Waals surface area contributed by atoms with Gasteiger partial charge >= 0.3 is 13.3 Å². The first-order valence-corrected chi connectivity index (χ1v) is 17.0. The quantitative estimate of drug-likeness (QED) is 0.111. The third kappa shape index (κ3) is 16.6. The van der Waals surface area contributed by atoms with Gasteiger partial charge in [-0.05, 0) is 18.4 Å². The summed E-state index contributed by atoms with van der Waals surface area (Å²) < 4.78 is 36.1. The molecule has 226 valence electrons. The van der Waals surface area contributed by atoms with Crippen molar-refractivity contribution in [2.45, 2.75) is 123 Å². The number of hydrogen-bond acceptors (Lipinski definition) is 8. The average molecular weight is 572 g/mol. The van der Waals surface area contributed by atoms with Crippen molar-refractivity contribution in [1.82, 2.24) is 9.55 Å². The maximum absolute atomic E-state index is 12.6. The molecule has 10 heteroatoms. The second-order valence-corrected chi connectivity index (χ2v) is 13.2. The molecule has 1 unspecified atom stereocenters. The Morgan fingerprint density at radius 2 is 1.54 bits per heavy atom. The van der Waals surface area contributed by atoms with Gasteiger partial charge in [0.05, 0.1) is 26.4 Å².